The highest BCUT2D eigenvalue weighted by Crippen LogP contribution is 2.18. The number of halogens is 2. The van der Waals surface area contributed by atoms with Gasteiger partial charge in [0.1, 0.15) is 11.7 Å². The number of nitrogens with one attached hydrogen (secondary N) is 1. The summed E-state index contributed by atoms with van der Waals surface area (Å²) in [5.74, 6) is -1.72. The molecule has 0 radical (unpaired) electrons. The van der Waals surface area contributed by atoms with Crippen LogP contribution < -0.4 is 5.32 Å². The van der Waals surface area contributed by atoms with E-state index in [2.05, 4.69) is 15.0 Å². The van der Waals surface area contributed by atoms with Crippen molar-refractivity contribution in [2.24, 2.45) is 0 Å². The number of hydrogen-bond donors (Lipinski definition) is 2. The predicted octanol–water partition coefficient (Wildman–Crippen LogP) is 1.89. The molecule has 1 rings (SSSR count). The number of alkyl carbamates (subject to hydrolysis) is 1. The quantitative estimate of drug-likeness (QED) is 0.479. The summed E-state index contributed by atoms with van der Waals surface area (Å²) >= 11 is 5.32. The molecule has 1 aromatic heterocycles. The van der Waals surface area contributed by atoms with Crippen LogP contribution in [0.1, 0.15) is 32.4 Å². The average molecular weight is 349 g/mol. The fourth-order valence-corrected chi connectivity index (χ4v) is 1.71. The van der Waals surface area contributed by atoms with Gasteiger partial charge >= 0.3 is 12.1 Å². The van der Waals surface area contributed by atoms with Crippen LogP contribution in [-0.4, -0.2) is 39.9 Å². The zero-order valence-electron chi connectivity index (χ0n) is 12.9. The van der Waals surface area contributed by atoms with E-state index in [-0.39, 0.29) is 5.56 Å². The second kappa shape index (κ2) is 8.07. The Kier molecular flexibility index (Phi) is 6.71. The summed E-state index contributed by atoms with van der Waals surface area (Å²) in [6.07, 6.45) is -1.41. The number of esters is 1. The molecule has 2 unspecified atom stereocenters. The number of hydrogen-bond acceptors (Lipinski definition) is 6. The number of aromatic nitrogens is 1. The SMILES string of the molecule is CC(C)(C)OC(=O)NC(C(=O)OCCl)C(O)c1ccc(F)nc1. The maximum Gasteiger partial charge on any atom is 0.408 e. The number of carbonyl (C=O) groups excluding carboxylic acids is 2. The standard InChI is InChI=1S/C14H18ClFN2O5/c1-14(2,3)23-13(21)18-10(12(20)22-7-15)11(19)8-4-5-9(16)17-6-8/h4-6,10-11,19H,7H2,1-3H3,(H,18,21). The number of amides is 1. The van der Waals surface area contributed by atoms with Crippen LogP contribution in [0.5, 0.6) is 0 Å². The normalized spacial score (nSPS) is 13.8. The lowest BCUT2D eigenvalue weighted by molar-refractivity contribution is -0.147. The molecule has 0 bridgehead atoms. The molecule has 23 heavy (non-hydrogen) atoms. The second-order valence-corrected chi connectivity index (χ2v) is 5.77. The van der Waals surface area contributed by atoms with E-state index < -0.39 is 41.8 Å². The second-order valence-electron chi connectivity index (χ2n) is 5.56. The Balaban J connectivity index is 2.93. The lowest BCUT2D eigenvalue weighted by Gasteiger charge is -2.25. The Labute approximate surface area is 137 Å². The van der Waals surface area contributed by atoms with E-state index in [1.807, 2.05) is 0 Å². The van der Waals surface area contributed by atoms with Crippen molar-refractivity contribution in [1.29, 1.82) is 0 Å². The number of ether oxygens (including phenoxy) is 2. The predicted molar refractivity (Wildman–Crippen MR) is 79.1 cm³/mol. The number of nitrogens with zero attached hydrogens (tertiary/aromatic N) is 1. The van der Waals surface area contributed by atoms with E-state index in [1.165, 1.54) is 6.07 Å². The number of pyridine rings is 1. The van der Waals surface area contributed by atoms with Crippen LogP contribution in [0.2, 0.25) is 0 Å². The third-order valence-corrected chi connectivity index (χ3v) is 2.64. The van der Waals surface area contributed by atoms with Crippen molar-refractivity contribution in [3.05, 3.63) is 29.8 Å². The maximum absolute atomic E-state index is 12.8. The van der Waals surface area contributed by atoms with Crippen molar-refractivity contribution in [3.63, 3.8) is 0 Å². The minimum absolute atomic E-state index is 0.110. The van der Waals surface area contributed by atoms with E-state index in [0.29, 0.717) is 0 Å². The van der Waals surface area contributed by atoms with Gasteiger partial charge in [-0.3, -0.25) is 0 Å². The lowest BCUT2D eigenvalue weighted by atomic mass is 10.0. The topological polar surface area (TPSA) is 97.8 Å². The van der Waals surface area contributed by atoms with Gasteiger partial charge in [0.2, 0.25) is 5.95 Å². The molecule has 0 aliphatic carbocycles. The van der Waals surface area contributed by atoms with Crippen LogP contribution in [0.15, 0.2) is 18.3 Å². The summed E-state index contributed by atoms with van der Waals surface area (Å²) in [5.41, 5.74) is -0.688. The average Bonchev–Trinajstić information content (AvgIpc) is 2.43. The fourth-order valence-electron chi connectivity index (χ4n) is 1.60. The molecule has 1 heterocycles. The van der Waals surface area contributed by atoms with Crippen LogP contribution in [0.25, 0.3) is 0 Å². The van der Waals surface area contributed by atoms with Gasteiger partial charge in [0.05, 0.1) is 0 Å². The highest BCUT2D eigenvalue weighted by molar-refractivity contribution is 6.17. The summed E-state index contributed by atoms with van der Waals surface area (Å²) in [6.45, 7) is 4.91. The molecule has 1 aromatic rings. The highest BCUT2D eigenvalue weighted by Gasteiger charge is 2.33. The first-order valence-corrected chi connectivity index (χ1v) is 7.19. The molecule has 128 valence electrons. The largest absolute Gasteiger partial charge is 0.448 e. The molecular weight excluding hydrogens is 331 g/mol. The zero-order chi connectivity index (χ0) is 17.6. The van der Waals surface area contributed by atoms with Crippen LogP contribution in [0.4, 0.5) is 9.18 Å². The Hall–Kier alpha value is -1.93. The smallest absolute Gasteiger partial charge is 0.408 e. The molecule has 7 nitrogen and oxygen atoms in total. The lowest BCUT2D eigenvalue weighted by Crippen LogP contribution is -2.47. The molecular formula is C14H18ClFN2O5. The Morgan fingerprint density at radius 1 is 1.43 bits per heavy atom. The van der Waals surface area contributed by atoms with Crippen LogP contribution in [0.3, 0.4) is 0 Å². The summed E-state index contributed by atoms with van der Waals surface area (Å²) in [7, 11) is 0. The summed E-state index contributed by atoms with van der Waals surface area (Å²) < 4.78 is 22.5. The first-order valence-electron chi connectivity index (χ1n) is 6.65. The Morgan fingerprint density at radius 2 is 2.09 bits per heavy atom. The molecule has 0 aromatic carbocycles. The van der Waals surface area contributed by atoms with E-state index in [0.717, 1.165) is 12.3 Å². The summed E-state index contributed by atoms with van der Waals surface area (Å²) in [5, 5.41) is 12.4. The van der Waals surface area contributed by atoms with Crippen molar-refractivity contribution in [2.45, 2.75) is 38.5 Å². The third-order valence-electron chi connectivity index (χ3n) is 2.53. The maximum atomic E-state index is 12.8. The monoisotopic (exact) mass is 348 g/mol. The van der Waals surface area contributed by atoms with Gasteiger partial charge in [-0.2, -0.15) is 4.39 Å². The zero-order valence-corrected chi connectivity index (χ0v) is 13.6. The van der Waals surface area contributed by atoms with E-state index in [9.17, 15) is 19.1 Å². The minimum Gasteiger partial charge on any atom is -0.448 e. The van der Waals surface area contributed by atoms with Gasteiger partial charge in [0, 0.05) is 11.8 Å². The summed E-state index contributed by atoms with van der Waals surface area (Å²) in [4.78, 5) is 27.1. The minimum atomic E-state index is -1.52. The van der Waals surface area contributed by atoms with Crippen LogP contribution in [-0.2, 0) is 14.3 Å². The van der Waals surface area contributed by atoms with Gasteiger partial charge in [-0.05, 0) is 26.8 Å². The fraction of sp³-hybridized carbons (Fsp3) is 0.500. The molecule has 0 saturated heterocycles. The molecule has 0 aliphatic rings. The van der Waals surface area contributed by atoms with Gasteiger partial charge in [-0.25, -0.2) is 14.6 Å². The number of alkyl halides is 1. The van der Waals surface area contributed by atoms with Crippen molar-refractivity contribution >= 4 is 23.7 Å². The molecule has 0 saturated carbocycles. The van der Waals surface area contributed by atoms with Gasteiger partial charge in [0.25, 0.3) is 0 Å². The summed E-state index contributed by atoms with van der Waals surface area (Å²) in [6, 6.07) is 0.288. The van der Waals surface area contributed by atoms with Crippen molar-refractivity contribution < 1.29 is 28.6 Å². The first kappa shape index (κ1) is 19.1. The van der Waals surface area contributed by atoms with E-state index in [4.69, 9.17) is 16.3 Å². The van der Waals surface area contributed by atoms with Crippen LogP contribution in [0, 0.1) is 5.95 Å². The molecule has 2 N–H and O–H groups in total. The molecule has 0 fully saturated rings. The Morgan fingerprint density at radius 3 is 2.57 bits per heavy atom. The molecule has 2 atom stereocenters. The van der Waals surface area contributed by atoms with Crippen molar-refractivity contribution in [1.82, 2.24) is 10.3 Å². The molecule has 0 aliphatic heterocycles. The molecule has 9 heteroatoms. The van der Waals surface area contributed by atoms with Crippen molar-refractivity contribution in [3.8, 4) is 0 Å². The number of aliphatic hydroxyl groups excluding tert-OH is 1. The van der Waals surface area contributed by atoms with Gasteiger partial charge in [-0.1, -0.05) is 17.7 Å². The van der Waals surface area contributed by atoms with Gasteiger partial charge < -0.3 is 19.9 Å². The van der Waals surface area contributed by atoms with Gasteiger partial charge in [0.15, 0.2) is 12.1 Å². The van der Waals surface area contributed by atoms with Crippen LogP contribution >= 0.6 is 11.6 Å². The first-order chi connectivity index (χ1) is 10.6. The number of rotatable bonds is 5. The number of carbonyl (C=O) groups is 2. The highest BCUT2D eigenvalue weighted by atomic mass is 35.5. The van der Waals surface area contributed by atoms with E-state index >= 15 is 0 Å². The van der Waals surface area contributed by atoms with Crippen molar-refractivity contribution in [2.75, 3.05) is 6.07 Å². The Bertz CT molecular complexity index is 547. The van der Waals surface area contributed by atoms with Gasteiger partial charge in [-0.15, -0.1) is 0 Å². The molecule has 1 amide bonds. The number of aliphatic hydroxyl groups is 1. The van der Waals surface area contributed by atoms with E-state index in [1.54, 1.807) is 20.8 Å². The molecule has 0 spiro atoms. The third kappa shape index (κ3) is 6.37.